The maximum atomic E-state index is 13.5. The highest BCUT2D eigenvalue weighted by molar-refractivity contribution is 7.89. The molecule has 0 aliphatic carbocycles. The zero-order valence-corrected chi connectivity index (χ0v) is 19.6. The number of aliphatic hydroxyl groups is 1. The molecule has 0 spiro atoms. The van der Waals surface area contributed by atoms with E-state index in [0.717, 1.165) is 0 Å². The van der Waals surface area contributed by atoms with Crippen LogP contribution in [0.2, 0.25) is 0 Å². The number of carbonyl (C=O) groups is 1. The van der Waals surface area contributed by atoms with E-state index in [1.54, 1.807) is 12.1 Å². The number of Topliss-reactive ketones (excluding diaryl/α,β-unsaturated/α-hetero) is 1. The van der Waals surface area contributed by atoms with Gasteiger partial charge in [0.15, 0.2) is 5.78 Å². The molecule has 1 fully saturated rings. The van der Waals surface area contributed by atoms with Crippen LogP contribution in [0.15, 0.2) is 47.4 Å². The summed E-state index contributed by atoms with van der Waals surface area (Å²) in [7, 11) is -2.38. The second-order valence-corrected chi connectivity index (χ2v) is 10.4. The summed E-state index contributed by atoms with van der Waals surface area (Å²) in [6, 6.07) is 10.3. The highest BCUT2D eigenvalue weighted by Gasteiger charge is 2.48. The molecule has 33 heavy (non-hydrogen) atoms. The van der Waals surface area contributed by atoms with Gasteiger partial charge in [-0.3, -0.25) is 9.69 Å². The SMILES string of the molecule is CCCN1C(N2CCC(C(=O)c3ccc(F)cc3)CC2)C(O)c2c(OC)cccc2S1(=O)=O. The number of methoxy groups -OCH3 is 1. The van der Waals surface area contributed by atoms with E-state index in [9.17, 15) is 22.7 Å². The van der Waals surface area contributed by atoms with Crippen molar-refractivity contribution in [3.63, 3.8) is 0 Å². The molecule has 0 amide bonds. The molecule has 7 nitrogen and oxygen atoms in total. The summed E-state index contributed by atoms with van der Waals surface area (Å²) in [5.74, 6) is -0.318. The first-order valence-corrected chi connectivity index (χ1v) is 12.6. The number of hydrogen-bond donors (Lipinski definition) is 1. The average molecular weight is 477 g/mol. The van der Waals surface area contributed by atoms with Crippen LogP contribution in [0.3, 0.4) is 0 Å². The molecule has 9 heteroatoms. The fourth-order valence-corrected chi connectivity index (χ4v) is 6.88. The molecule has 2 aliphatic rings. The number of likely N-dealkylation sites (tertiary alicyclic amines) is 1. The summed E-state index contributed by atoms with van der Waals surface area (Å²) in [6.07, 6.45) is -0.214. The van der Waals surface area contributed by atoms with Crippen LogP contribution in [0.4, 0.5) is 4.39 Å². The number of rotatable bonds is 6. The second kappa shape index (κ2) is 9.50. The van der Waals surface area contributed by atoms with Crippen LogP contribution in [0, 0.1) is 11.7 Å². The van der Waals surface area contributed by atoms with Gasteiger partial charge in [-0.2, -0.15) is 4.31 Å². The van der Waals surface area contributed by atoms with Gasteiger partial charge < -0.3 is 9.84 Å². The van der Waals surface area contributed by atoms with E-state index in [2.05, 4.69) is 0 Å². The molecule has 178 valence electrons. The maximum absolute atomic E-state index is 13.5. The van der Waals surface area contributed by atoms with Crippen molar-refractivity contribution < 1.29 is 27.4 Å². The van der Waals surface area contributed by atoms with Crippen LogP contribution in [0.25, 0.3) is 0 Å². The Balaban J connectivity index is 1.60. The van der Waals surface area contributed by atoms with Crippen LogP contribution in [0.5, 0.6) is 5.75 Å². The smallest absolute Gasteiger partial charge is 0.245 e. The molecule has 4 rings (SSSR count). The maximum Gasteiger partial charge on any atom is 0.245 e. The molecule has 2 aromatic rings. The first-order valence-electron chi connectivity index (χ1n) is 11.2. The molecule has 2 atom stereocenters. The molecule has 0 radical (unpaired) electrons. The zero-order valence-electron chi connectivity index (χ0n) is 18.8. The first kappa shape index (κ1) is 23.8. The highest BCUT2D eigenvalue weighted by atomic mass is 32.2. The summed E-state index contributed by atoms with van der Waals surface area (Å²) < 4.78 is 46.9. The normalized spacial score (nSPS) is 23.8. The fraction of sp³-hybridized carbons (Fsp3) is 0.458. The number of ether oxygens (including phenoxy) is 1. The Hall–Kier alpha value is -2.33. The summed E-state index contributed by atoms with van der Waals surface area (Å²) in [5, 5.41) is 11.4. The average Bonchev–Trinajstić information content (AvgIpc) is 2.82. The number of aliphatic hydroxyl groups excluding tert-OH is 1. The van der Waals surface area contributed by atoms with Gasteiger partial charge in [0.25, 0.3) is 0 Å². The van der Waals surface area contributed by atoms with Crippen molar-refractivity contribution in [2.75, 3.05) is 26.7 Å². The van der Waals surface area contributed by atoms with Crippen LogP contribution >= 0.6 is 0 Å². The molecule has 2 aromatic carbocycles. The van der Waals surface area contributed by atoms with E-state index in [1.165, 1.54) is 41.7 Å². The van der Waals surface area contributed by atoms with Crippen molar-refractivity contribution in [3.05, 3.63) is 59.4 Å². The molecule has 0 saturated carbocycles. The van der Waals surface area contributed by atoms with Crippen molar-refractivity contribution in [1.29, 1.82) is 0 Å². The number of sulfonamides is 1. The number of ketones is 1. The lowest BCUT2D eigenvalue weighted by Gasteiger charge is -2.47. The number of halogens is 1. The van der Waals surface area contributed by atoms with E-state index in [1.807, 2.05) is 11.8 Å². The quantitative estimate of drug-likeness (QED) is 0.645. The third-order valence-corrected chi connectivity index (χ3v) is 8.48. The number of fused-ring (bicyclic) bond motifs is 1. The monoisotopic (exact) mass is 476 g/mol. The predicted octanol–water partition coefficient (Wildman–Crippen LogP) is 3.20. The zero-order chi connectivity index (χ0) is 23.8. The summed E-state index contributed by atoms with van der Waals surface area (Å²) in [6.45, 7) is 3.09. The highest BCUT2D eigenvalue weighted by Crippen LogP contribution is 2.43. The van der Waals surface area contributed by atoms with E-state index >= 15 is 0 Å². The molecule has 2 heterocycles. The van der Waals surface area contributed by atoms with E-state index in [0.29, 0.717) is 43.7 Å². The third-order valence-electron chi connectivity index (χ3n) is 6.55. The largest absolute Gasteiger partial charge is 0.496 e. The topological polar surface area (TPSA) is 87.2 Å². The molecule has 0 aromatic heterocycles. The number of piperidine rings is 1. The second-order valence-electron chi connectivity index (χ2n) is 8.53. The lowest BCUT2D eigenvalue weighted by molar-refractivity contribution is -0.0337. The molecule has 2 unspecified atom stereocenters. The molecule has 1 N–H and O–H groups in total. The lowest BCUT2D eigenvalue weighted by Crippen LogP contribution is -2.58. The number of hydrogen-bond acceptors (Lipinski definition) is 6. The Morgan fingerprint density at radius 1 is 1.15 bits per heavy atom. The predicted molar refractivity (Wildman–Crippen MR) is 121 cm³/mol. The molecular weight excluding hydrogens is 447 g/mol. The van der Waals surface area contributed by atoms with E-state index in [-0.39, 0.29) is 34.5 Å². The molecule has 1 saturated heterocycles. The third kappa shape index (κ3) is 4.30. The first-order chi connectivity index (χ1) is 15.8. The minimum Gasteiger partial charge on any atom is -0.496 e. The minimum absolute atomic E-state index is 0.0381. The Labute approximate surface area is 193 Å². The van der Waals surface area contributed by atoms with Gasteiger partial charge in [0, 0.05) is 36.7 Å². The van der Waals surface area contributed by atoms with Crippen LogP contribution in [-0.2, 0) is 10.0 Å². The van der Waals surface area contributed by atoms with Crippen LogP contribution < -0.4 is 4.74 Å². The van der Waals surface area contributed by atoms with Gasteiger partial charge in [0.05, 0.1) is 12.0 Å². The molecule has 0 bridgehead atoms. The van der Waals surface area contributed by atoms with Crippen molar-refractivity contribution in [2.24, 2.45) is 5.92 Å². The summed E-state index contributed by atoms with van der Waals surface area (Å²) in [5.41, 5.74) is 0.753. The van der Waals surface area contributed by atoms with Crippen LogP contribution in [-0.4, -0.2) is 61.4 Å². The molecular formula is C24H29FN2O5S. The van der Waals surface area contributed by atoms with Gasteiger partial charge in [-0.05, 0) is 55.7 Å². The summed E-state index contributed by atoms with van der Waals surface area (Å²) in [4.78, 5) is 14.9. The fourth-order valence-electron chi connectivity index (χ4n) is 4.92. The number of carbonyl (C=O) groups excluding carboxylic acids is 1. The van der Waals surface area contributed by atoms with Gasteiger partial charge in [-0.15, -0.1) is 0 Å². The standard InChI is InChI=1S/C24H29FN2O5S/c1-3-13-27-24(23(29)21-19(32-2)5-4-6-20(21)33(27,30)31)26-14-11-17(12-15-26)22(28)16-7-9-18(25)10-8-16/h4-10,17,23-24,29H,3,11-15H2,1-2H3. The van der Waals surface area contributed by atoms with Crippen molar-refractivity contribution in [2.45, 2.75) is 43.4 Å². The van der Waals surface area contributed by atoms with Gasteiger partial charge in [0.1, 0.15) is 23.8 Å². The van der Waals surface area contributed by atoms with Crippen LogP contribution in [0.1, 0.15) is 48.2 Å². The van der Waals surface area contributed by atoms with Crippen molar-refractivity contribution in [1.82, 2.24) is 9.21 Å². The lowest BCUT2D eigenvalue weighted by atomic mass is 9.88. The Kier molecular flexibility index (Phi) is 6.86. The minimum atomic E-state index is -3.84. The number of nitrogens with zero attached hydrogens (tertiary/aromatic N) is 2. The Morgan fingerprint density at radius 3 is 2.42 bits per heavy atom. The molecule has 2 aliphatic heterocycles. The van der Waals surface area contributed by atoms with E-state index < -0.39 is 22.3 Å². The summed E-state index contributed by atoms with van der Waals surface area (Å²) >= 11 is 0. The van der Waals surface area contributed by atoms with E-state index in [4.69, 9.17) is 4.74 Å². The van der Waals surface area contributed by atoms with Gasteiger partial charge in [-0.25, -0.2) is 12.8 Å². The van der Waals surface area contributed by atoms with Gasteiger partial charge >= 0.3 is 0 Å². The van der Waals surface area contributed by atoms with Crippen molar-refractivity contribution >= 4 is 15.8 Å². The van der Waals surface area contributed by atoms with Gasteiger partial charge in [-0.1, -0.05) is 13.0 Å². The Bertz CT molecular complexity index is 1110. The number of benzene rings is 2. The van der Waals surface area contributed by atoms with Crippen molar-refractivity contribution in [3.8, 4) is 5.75 Å². The Morgan fingerprint density at radius 2 is 1.82 bits per heavy atom. The van der Waals surface area contributed by atoms with Gasteiger partial charge in [0.2, 0.25) is 10.0 Å².